The van der Waals surface area contributed by atoms with Gasteiger partial charge in [0.05, 0.1) is 12.6 Å². The number of rotatable bonds is 6. The van der Waals surface area contributed by atoms with E-state index in [1.165, 1.54) is 0 Å². The Morgan fingerprint density at radius 2 is 2.22 bits per heavy atom. The predicted molar refractivity (Wildman–Crippen MR) is 71.8 cm³/mol. The van der Waals surface area contributed by atoms with Crippen LogP contribution in [0.15, 0.2) is 18.2 Å². The van der Waals surface area contributed by atoms with E-state index in [2.05, 4.69) is 10.3 Å². The maximum Gasteiger partial charge on any atom is 0.270 e. The van der Waals surface area contributed by atoms with Crippen LogP contribution in [-0.4, -0.2) is 30.1 Å². The summed E-state index contributed by atoms with van der Waals surface area (Å²) in [6, 6.07) is 4.95. The zero-order chi connectivity index (χ0) is 13.5. The Hall–Kier alpha value is -1.13. The van der Waals surface area contributed by atoms with Gasteiger partial charge in [-0.3, -0.25) is 4.79 Å². The average molecular weight is 271 g/mol. The van der Waals surface area contributed by atoms with Crippen molar-refractivity contribution in [3.05, 3.63) is 29.0 Å². The van der Waals surface area contributed by atoms with Gasteiger partial charge in [0.25, 0.3) is 5.91 Å². The summed E-state index contributed by atoms with van der Waals surface area (Å²) in [5, 5.41) is 3.22. The van der Waals surface area contributed by atoms with E-state index in [0.717, 1.165) is 0 Å². The lowest BCUT2D eigenvalue weighted by molar-refractivity contribution is 0.0802. The van der Waals surface area contributed by atoms with Crippen molar-refractivity contribution >= 4 is 17.5 Å². The molecule has 0 aliphatic carbocycles. The molecule has 1 atom stereocenters. The highest BCUT2D eigenvalue weighted by Gasteiger charge is 2.18. The molecule has 0 saturated heterocycles. The van der Waals surface area contributed by atoms with Gasteiger partial charge in [0.15, 0.2) is 0 Å². The van der Waals surface area contributed by atoms with Crippen LogP contribution in [0.5, 0.6) is 0 Å². The van der Waals surface area contributed by atoms with Gasteiger partial charge >= 0.3 is 0 Å². The first-order valence-electron chi connectivity index (χ1n) is 6.05. The van der Waals surface area contributed by atoms with Crippen LogP contribution in [0.3, 0.4) is 0 Å². The average Bonchev–Trinajstić information content (AvgIpc) is 2.33. The van der Waals surface area contributed by atoms with Gasteiger partial charge in [-0.15, -0.1) is 0 Å². The highest BCUT2D eigenvalue weighted by molar-refractivity contribution is 6.29. The Kier molecular flexibility index (Phi) is 6.09. The molecular formula is C13H19ClN2O2. The van der Waals surface area contributed by atoms with E-state index in [0.29, 0.717) is 30.0 Å². The number of amides is 1. The summed E-state index contributed by atoms with van der Waals surface area (Å²) in [6.07, 6.45) is 0. The van der Waals surface area contributed by atoms with Gasteiger partial charge in [-0.2, -0.15) is 0 Å². The van der Waals surface area contributed by atoms with Crippen LogP contribution in [-0.2, 0) is 4.74 Å². The number of nitrogens with zero attached hydrogens (tertiary/aromatic N) is 1. The lowest BCUT2D eigenvalue weighted by atomic mass is 10.1. The maximum absolute atomic E-state index is 12.0. The summed E-state index contributed by atoms with van der Waals surface area (Å²) < 4.78 is 5.36. The number of carbonyl (C=O) groups is 1. The van der Waals surface area contributed by atoms with E-state index >= 15 is 0 Å². The Balaban J connectivity index is 2.66. The van der Waals surface area contributed by atoms with Crippen molar-refractivity contribution in [2.45, 2.75) is 26.8 Å². The van der Waals surface area contributed by atoms with Gasteiger partial charge in [0.2, 0.25) is 0 Å². The fourth-order valence-electron chi connectivity index (χ4n) is 1.42. The van der Waals surface area contributed by atoms with Crippen molar-refractivity contribution < 1.29 is 9.53 Å². The Morgan fingerprint density at radius 1 is 1.50 bits per heavy atom. The zero-order valence-electron chi connectivity index (χ0n) is 10.9. The third-order valence-electron chi connectivity index (χ3n) is 2.57. The van der Waals surface area contributed by atoms with Crippen molar-refractivity contribution in [1.29, 1.82) is 0 Å². The van der Waals surface area contributed by atoms with E-state index in [-0.39, 0.29) is 11.9 Å². The quantitative estimate of drug-likeness (QED) is 0.808. The third kappa shape index (κ3) is 4.63. The minimum atomic E-state index is -0.226. The normalized spacial score (nSPS) is 12.5. The zero-order valence-corrected chi connectivity index (χ0v) is 11.7. The SMILES string of the molecule is CCOCC(NC(=O)c1cccc(Cl)n1)C(C)C. The summed E-state index contributed by atoms with van der Waals surface area (Å²) in [7, 11) is 0. The second kappa shape index (κ2) is 7.34. The number of halogens is 1. The first-order chi connectivity index (χ1) is 8.54. The van der Waals surface area contributed by atoms with E-state index in [1.807, 2.05) is 20.8 Å². The molecule has 0 saturated carbocycles. The molecule has 0 aliphatic rings. The smallest absolute Gasteiger partial charge is 0.270 e. The lowest BCUT2D eigenvalue weighted by Gasteiger charge is -2.21. The Labute approximate surface area is 113 Å². The van der Waals surface area contributed by atoms with Gasteiger partial charge in [0, 0.05) is 6.61 Å². The second-order valence-electron chi connectivity index (χ2n) is 4.33. The predicted octanol–water partition coefficient (Wildman–Crippen LogP) is 2.53. The summed E-state index contributed by atoms with van der Waals surface area (Å²) in [5.74, 6) is 0.0654. The van der Waals surface area contributed by atoms with Crippen LogP contribution in [0.2, 0.25) is 5.15 Å². The third-order valence-corrected chi connectivity index (χ3v) is 2.78. The molecular weight excluding hydrogens is 252 g/mol. The van der Waals surface area contributed by atoms with Crippen LogP contribution in [0.4, 0.5) is 0 Å². The molecule has 1 aromatic heterocycles. The fourth-order valence-corrected chi connectivity index (χ4v) is 1.59. The molecule has 0 spiro atoms. The van der Waals surface area contributed by atoms with Crippen molar-refractivity contribution in [2.75, 3.05) is 13.2 Å². The molecule has 1 N–H and O–H groups in total. The molecule has 0 fully saturated rings. The summed E-state index contributed by atoms with van der Waals surface area (Å²) in [6.45, 7) is 7.14. The Morgan fingerprint density at radius 3 is 2.78 bits per heavy atom. The molecule has 18 heavy (non-hydrogen) atoms. The van der Waals surface area contributed by atoms with Gasteiger partial charge in [-0.05, 0) is 25.0 Å². The Bertz CT molecular complexity index is 396. The number of carbonyl (C=O) groups excluding carboxylic acids is 1. The van der Waals surface area contributed by atoms with Gasteiger partial charge in [-0.25, -0.2) is 4.98 Å². The largest absolute Gasteiger partial charge is 0.380 e. The van der Waals surface area contributed by atoms with Gasteiger partial charge in [0.1, 0.15) is 10.8 Å². The number of hydrogen-bond donors (Lipinski definition) is 1. The molecule has 4 nitrogen and oxygen atoms in total. The molecule has 100 valence electrons. The maximum atomic E-state index is 12.0. The van der Waals surface area contributed by atoms with Crippen LogP contribution in [0, 0.1) is 5.92 Å². The number of ether oxygens (including phenoxy) is 1. The van der Waals surface area contributed by atoms with E-state index < -0.39 is 0 Å². The fraction of sp³-hybridized carbons (Fsp3) is 0.538. The van der Waals surface area contributed by atoms with Crippen molar-refractivity contribution in [1.82, 2.24) is 10.3 Å². The molecule has 5 heteroatoms. The van der Waals surface area contributed by atoms with Crippen molar-refractivity contribution in [2.24, 2.45) is 5.92 Å². The van der Waals surface area contributed by atoms with Crippen molar-refractivity contribution in [3.8, 4) is 0 Å². The molecule has 1 unspecified atom stereocenters. The number of hydrogen-bond acceptors (Lipinski definition) is 3. The van der Waals surface area contributed by atoms with Crippen LogP contribution < -0.4 is 5.32 Å². The number of pyridine rings is 1. The topological polar surface area (TPSA) is 51.2 Å². The van der Waals surface area contributed by atoms with Gasteiger partial charge < -0.3 is 10.1 Å². The van der Waals surface area contributed by atoms with E-state index in [9.17, 15) is 4.79 Å². The molecule has 0 radical (unpaired) electrons. The molecule has 1 amide bonds. The van der Waals surface area contributed by atoms with Crippen LogP contribution in [0.1, 0.15) is 31.3 Å². The van der Waals surface area contributed by atoms with Crippen LogP contribution in [0.25, 0.3) is 0 Å². The van der Waals surface area contributed by atoms with E-state index in [4.69, 9.17) is 16.3 Å². The summed E-state index contributed by atoms with van der Waals surface area (Å²) in [4.78, 5) is 16.0. The summed E-state index contributed by atoms with van der Waals surface area (Å²) >= 11 is 5.76. The number of aromatic nitrogens is 1. The monoisotopic (exact) mass is 270 g/mol. The van der Waals surface area contributed by atoms with Crippen LogP contribution >= 0.6 is 11.6 Å². The lowest BCUT2D eigenvalue weighted by Crippen LogP contribution is -2.42. The minimum absolute atomic E-state index is 0.0294. The molecule has 0 bridgehead atoms. The highest BCUT2D eigenvalue weighted by Crippen LogP contribution is 2.07. The second-order valence-corrected chi connectivity index (χ2v) is 4.72. The summed E-state index contributed by atoms with van der Waals surface area (Å²) in [5.41, 5.74) is 0.324. The molecule has 1 aromatic rings. The molecule has 1 rings (SSSR count). The molecule has 1 heterocycles. The minimum Gasteiger partial charge on any atom is -0.380 e. The van der Waals surface area contributed by atoms with E-state index in [1.54, 1.807) is 18.2 Å². The first-order valence-corrected chi connectivity index (χ1v) is 6.43. The molecule has 0 aliphatic heterocycles. The standard InChI is InChI=1S/C13H19ClN2O2/c1-4-18-8-11(9(2)3)16-13(17)10-6-5-7-12(14)15-10/h5-7,9,11H,4,8H2,1-3H3,(H,16,17). The number of nitrogens with one attached hydrogen (secondary N) is 1. The van der Waals surface area contributed by atoms with Crippen molar-refractivity contribution in [3.63, 3.8) is 0 Å². The first kappa shape index (κ1) is 14.9. The molecule has 0 aromatic carbocycles. The van der Waals surface area contributed by atoms with Gasteiger partial charge in [-0.1, -0.05) is 31.5 Å². The highest BCUT2D eigenvalue weighted by atomic mass is 35.5.